The average Bonchev–Trinajstić information content (AvgIpc) is 3.12. The quantitative estimate of drug-likeness (QED) is 0.722. The molecule has 1 unspecified atom stereocenters. The van der Waals surface area contributed by atoms with Crippen LogP contribution in [-0.2, 0) is 6.54 Å². The van der Waals surface area contributed by atoms with Crippen LogP contribution in [0.15, 0.2) is 6.20 Å². The lowest BCUT2D eigenvalue weighted by atomic mass is 9.95. The second-order valence-corrected chi connectivity index (χ2v) is 6.33. The number of unbranched alkanes of at least 4 members (excludes halogenated alkanes) is 1. The van der Waals surface area contributed by atoms with E-state index < -0.39 is 0 Å². The van der Waals surface area contributed by atoms with E-state index in [0.29, 0.717) is 6.04 Å². The first kappa shape index (κ1) is 14.8. The van der Waals surface area contributed by atoms with E-state index in [1.54, 1.807) is 0 Å². The third-order valence-corrected chi connectivity index (χ3v) is 4.10. The number of aromatic nitrogens is 2. The van der Waals surface area contributed by atoms with Gasteiger partial charge in [0.1, 0.15) is 0 Å². The second kappa shape index (κ2) is 6.25. The molecule has 2 rings (SSSR count). The Bertz CT molecular complexity index is 397. The summed E-state index contributed by atoms with van der Waals surface area (Å²) in [5.41, 5.74) is 0.760. The molecule has 1 aromatic rings. The highest BCUT2D eigenvalue weighted by molar-refractivity contribution is 6.31. The van der Waals surface area contributed by atoms with Crippen molar-refractivity contribution in [3.8, 4) is 0 Å². The molecule has 1 saturated carbocycles. The van der Waals surface area contributed by atoms with Crippen LogP contribution in [0, 0.1) is 6.92 Å². The van der Waals surface area contributed by atoms with E-state index in [4.69, 9.17) is 11.6 Å². The van der Waals surface area contributed by atoms with Crippen molar-refractivity contribution < 1.29 is 5.11 Å². The molecule has 5 heteroatoms. The molecule has 0 aromatic carbocycles. The molecular weight excluding hydrogens is 262 g/mol. The third-order valence-electron chi connectivity index (χ3n) is 3.73. The fourth-order valence-corrected chi connectivity index (χ4v) is 2.46. The summed E-state index contributed by atoms with van der Waals surface area (Å²) >= 11 is 5.98. The molecule has 108 valence electrons. The van der Waals surface area contributed by atoms with Crippen LogP contribution in [0.5, 0.6) is 0 Å². The SMILES string of the molecule is Cc1nn(CCCCC(C)(CO)NC2CC2)cc1Cl. The van der Waals surface area contributed by atoms with Gasteiger partial charge in [-0.2, -0.15) is 5.10 Å². The number of aliphatic hydroxyl groups excluding tert-OH is 1. The molecule has 0 bridgehead atoms. The van der Waals surface area contributed by atoms with Crippen molar-refractivity contribution in [3.05, 3.63) is 16.9 Å². The molecular formula is C14H24ClN3O. The van der Waals surface area contributed by atoms with Crippen LogP contribution in [0.4, 0.5) is 0 Å². The lowest BCUT2D eigenvalue weighted by Crippen LogP contribution is -2.46. The lowest BCUT2D eigenvalue weighted by molar-refractivity contribution is 0.160. The van der Waals surface area contributed by atoms with Crippen LogP contribution in [0.25, 0.3) is 0 Å². The van der Waals surface area contributed by atoms with Gasteiger partial charge in [0.25, 0.3) is 0 Å². The van der Waals surface area contributed by atoms with E-state index in [-0.39, 0.29) is 12.1 Å². The summed E-state index contributed by atoms with van der Waals surface area (Å²) in [5, 5.41) is 18.1. The van der Waals surface area contributed by atoms with Gasteiger partial charge in [0.15, 0.2) is 0 Å². The molecule has 19 heavy (non-hydrogen) atoms. The molecule has 1 fully saturated rings. The summed E-state index contributed by atoms with van der Waals surface area (Å²) in [6, 6.07) is 0.629. The van der Waals surface area contributed by atoms with Crippen LogP contribution in [0.1, 0.15) is 44.7 Å². The van der Waals surface area contributed by atoms with Gasteiger partial charge >= 0.3 is 0 Å². The number of aliphatic hydroxyl groups is 1. The summed E-state index contributed by atoms with van der Waals surface area (Å²) < 4.78 is 1.91. The predicted octanol–water partition coefficient (Wildman–Crippen LogP) is 2.52. The Morgan fingerprint density at radius 3 is 2.79 bits per heavy atom. The fourth-order valence-electron chi connectivity index (χ4n) is 2.31. The molecule has 1 aliphatic rings. The minimum Gasteiger partial charge on any atom is -0.394 e. The Labute approximate surface area is 120 Å². The fraction of sp³-hybridized carbons (Fsp3) is 0.786. The number of hydrogen-bond acceptors (Lipinski definition) is 3. The van der Waals surface area contributed by atoms with Crippen LogP contribution in [0.3, 0.4) is 0 Å². The van der Waals surface area contributed by atoms with Gasteiger partial charge in [-0.05, 0) is 46.0 Å². The van der Waals surface area contributed by atoms with E-state index in [1.165, 1.54) is 12.8 Å². The van der Waals surface area contributed by atoms with E-state index in [2.05, 4.69) is 17.3 Å². The zero-order chi connectivity index (χ0) is 13.9. The summed E-state index contributed by atoms with van der Waals surface area (Å²) in [4.78, 5) is 0. The van der Waals surface area contributed by atoms with Crippen molar-refractivity contribution >= 4 is 11.6 Å². The molecule has 0 amide bonds. The topological polar surface area (TPSA) is 50.1 Å². The van der Waals surface area contributed by atoms with E-state index >= 15 is 0 Å². The molecule has 0 spiro atoms. The van der Waals surface area contributed by atoms with Crippen molar-refractivity contribution in [2.45, 2.75) is 64.1 Å². The van der Waals surface area contributed by atoms with Gasteiger partial charge in [-0.15, -0.1) is 0 Å². The van der Waals surface area contributed by atoms with Crippen LogP contribution in [-0.4, -0.2) is 33.1 Å². The number of rotatable bonds is 8. The second-order valence-electron chi connectivity index (χ2n) is 5.92. The lowest BCUT2D eigenvalue weighted by Gasteiger charge is -2.29. The Morgan fingerprint density at radius 2 is 2.26 bits per heavy atom. The first-order chi connectivity index (χ1) is 9.02. The highest BCUT2D eigenvalue weighted by atomic mass is 35.5. The van der Waals surface area contributed by atoms with Crippen LogP contribution < -0.4 is 5.32 Å². The largest absolute Gasteiger partial charge is 0.394 e. The maximum Gasteiger partial charge on any atom is 0.0814 e. The summed E-state index contributed by atoms with van der Waals surface area (Å²) in [5.74, 6) is 0. The number of nitrogens with one attached hydrogen (secondary N) is 1. The number of halogens is 1. The molecule has 2 N–H and O–H groups in total. The zero-order valence-electron chi connectivity index (χ0n) is 11.8. The van der Waals surface area contributed by atoms with Gasteiger partial charge < -0.3 is 10.4 Å². The first-order valence-corrected chi connectivity index (χ1v) is 7.48. The third kappa shape index (κ3) is 4.48. The standard InChI is InChI=1S/C14H24ClN3O/c1-11-13(15)9-18(17-11)8-4-3-7-14(2,10-19)16-12-5-6-12/h9,12,16,19H,3-8,10H2,1-2H3. The van der Waals surface area contributed by atoms with Crippen molar-refractivity contribution in [3.63, 3.8) is 0 Å². The minimum atomic E-state index is -0.126. The summed E-state index contributed by atoms with van der Waals surface area (Å²) in [7, 11) is 0. The van der Waals surface area contributed by atoms with Crippen molar-refractivity contribution in [2.75, 3.05) is 6.61 Å². The van der Waals surface area contributed by atoms with Crippen molar-refractivity contribution in [1.29, 1.82) is 0 Å². The summed E-state index contributed by atoms with van der Waals surface area (Å²) in [6.45, 7) is 5.12. The van der Waals surface area contributed by atoms with Gasteiger partial charge in [0.2, 0.25) is 0 Å². The number of nitrogens with zero attached hydrogens (tertiary/aromatic N) is 2. The van der Waals surface area contributed by atoms with Gasteiger partial charge in [-0.1, -0.05) is 11.6 Å². The van der Waals surface area contributed by atoms with Gasteiger partial charge in [0.05, 0.1) is 17.3 Å². The normalized spacial score (nSPS) is 18.5. The van der Waals surface area contributed by atoms with Crippen molar-refractivity contribution in [1.82, 2.24) is 15.1 Å². The molecule has 0 radical (unpaired) electrons. The molecule has 1 atom stereocenters. The summed E-state index contributed by atoms with van der Waals surface area (Å²) in [6.07, 6.45) is 7.51. The maximum absolute atomic E-state index is 9.52. The van der Waals surface area contributed by atoms with Crippen LogP contribution >= 0.6 is 11.6 Å². The van der Waals surface area contributed by atoms with E-state index in [1.807, 2.05) is 17.8 Å². The number of hydrogen-bond donors (Lipinski definition) is 2. The minimum absolute atomic E-state index is 0.126. The Balaban J connectivity index is 1.70. The molecule has 0 aliphatic heterocycles. The molecule has 4 nitrogen and oxygen atoms in total. The Kier molecular flexibility index (Phi) is 4.87. The van der Waals surface area contributed by atoms with Gasteiger partial charge in [-0.25, -0.2) is 0 Å². The molecule has 1 heterocycles. The average molecular weight is 286 g/mol. The molecule has 1 aromatic heterocycles. The Morgan fingerprint density at radius 1 is 1.53 bits per heavy atom. The molecule has 0 saturated heterocycles. The highest BCUT2D eigenvalue weighted by Crippen LogP contribution is 2.25. The first-order valence-electron chi connectivity index (χ1n) is 7.10. The number of aryl methyl sites for hydroxylation is 2. The zero-order valence-corrected chi connectivity index (χ0v) is 12.6. The highest BCUT2D eigenvalue weighted by Gasteiger charge is 2.31. The van der Waals surface area contributed by atoms with E-state index in [0.717, 1.165) is 36.5 Å². The van der Waals surface area contributed by atoms with E-state index in [9.17, 15) is 5.11 Å². The predicted molar refractivity (Wildman–Crippen MR) is 77.5 cm³/mol. The monoisotopic (exact) mass is 285 g/mol. The van der Waals surface area contributed by atoms with Crippen molar-refractivity contribution in [2.24, 2.45) is 0 Å². The Hall–Kier alpha value is -0.580. The smallest absolute Gasteiger partial charge is 0.0814 e. The maximum atomic E-state index is 9.52. The van der Waals surface area contributed by atoms with Gasteiger partial charge in [-0.3, -0.25) is 4.68 Å². The van der Waals surface area contributed by atoms with Gasteiger partial charge in [0, 0.05) is 24.3 Å². The van der Waals surface area contributed by atoms with Crippen LogP contribution in [0.2, 0.25) is 5.02 Å². The molecule has 1 aliphatic carbocycles.